The molecule has 0 saturated carbocycles. The van der Waals surface area contributed by atoms with Crippen LogP contribution in [0.1, 0.15) is 32.6 Å². The molecule has 0 aromatic heterocycles. The molecule has 18 heavy (non-hydrogen) atoms. The lowest BCUT2D eigenvalue weighted by molar-refractivity contribution is -0.140. The molecule has 104 valence electrons. The smallest absolute Gasteiger partial charge is 0.315 e. The molecule has 0 heterocycles. The maximum absolute atomic E-state index is 11.3. The summed E-state index contributed by atoms with van der Waals surface area (Å²) in [7, 11) is 1.28. The van der Waals surface area contributed by atoms with Gasteiger partial charge in [0.2, 0.25) is 0 Å². The predicted octanol–water partition coefficient (Wildman–Crippen LogP) is 0.492. The van der Waals surface area contributed by atoms with Crippen molar-refractivity contribution in [3.63, 3.8) is 0 Å². The van der Waals surface area contributed by atoms with Crippen LogP contribution in [0.25, 0.3) is 0 Å². The third kappa shape index (κ3) is 9.44. The first-order chi connectivity index (χ1) is 8.45. The van der Waals surface area contributed by atoms with Gasteiger partial charge in [-0.2, -0.15) is 0 Å². The number of methoxy groups -OCH3 is 1. The van der Waals surface area contributed by atoms with Crippen LogP contribution in [0.5, 0.6) is 0 Å². The zero-order valence-corrected chi connectivity index (χ0v) is 10.7. The van der Waals surface area contributed by atoms with Crippen LogP contribution in [0.2, 0.25) is 0 Å². The van der Waals surface area contributed by atoms with Gasteiger partial charge in [-0.3, -0.25) is 9.59 Å². The van der Waals surface area contributed by atoms with E-state index in [1.165, 1.54) is 7.11 Å². The molecule has 0 aliphatic heterocycles. The van der Waals surface area contributed by atoms with E-state index in [0.29, 0.717) is 12.8 Å². The minimum atomic E-state index is -0.843. The second-order valence-electron chi connectivity index (χ2n) is 3.91. The summed E-state index contributed by atoms with van der Waals surface area (Å²) in [6.07, 6.45) is 1.32. The first-order valence-electron chi connectivity index (χ1n) is 5.78. The standard InChI is InChI=1S/C11H20N2O5/c1-8(4-3-5-9(14)15)13-11(17)12-7-6-10(16)18-2/h8H,3-7H2,1-2H3,(H,14,15)(H2,12,13,17). The second kappa shape index (κ2) is 9.26. The number of hydrogen-bond donors (Lipinski definition) is 3. The Balaban J connectivity index is 3.61. The molecule has 7 heteroatoms. The average molecular weight is 260 g/mol. The topological polar surface area (TPSA) is 105 Å². The fourth-order valence-corrected chi connectivity index (χ4v) is 1.29. The van der Waals surface area contributed by atoms with E-state index < -0.39 is 5.97 Å². The Hall–Kier alpha value is -1.79. The first kappa shape index (κ1) is 16.2. The molecular weight excluding hydrogens is 240 g/mol. The molecule has 0 aliphatic carbocycles. The summed E-state index contributed by atoms with van der Waals surface area (Å²) >= 11 is 0. The Morgan fingerprint density at radius 3 is 2.50 bits per heavy atom. The number of esters is 1. The number of carbonyl (C=O) groups is 3. The molecule has 0 saturated heterocycles. The maximum Gasteiger partial charge on any atom is 0.315 e. The Morgan fingerprint density at radius 2 is 1.94 bits per heavy atom. The number of aliphatic carboxylic acids is 1. The summed E-state index contributed by atoms with van der Waals surface area (Å²) in [4.78, 5) is 32.4. The van der Waals surface area contributed by atoms with Crippen molar-refractivity contribution < 1.29 is 24.2 Å². The highest BCUT2D eigenvalue weighted by molar-refractivity contribution is 5.75. The highest BCUT2D eigenvalue weighted by Crippen LogP contribution is 2.00. The Kier molecular flexibility index (Phi) is 8.34. The molecule has 3 N–H and O–H groups in total. The van der Waals surface area contributed by atoms with Crippen molar-refractivity contribution in [3.05, 3.63) is 0 Å². The van der Waals surface area contributed by atoms with Crippen molar-refractivity contribution in [3.8, 4) is 0 Å². The summed E-state index contributed by atoms with van der Waals surface area (Å²) in [6, 6.07) is -0.482. The van der Waals surface area contributed by atoms with E-state index in [-0.39, 0.29) is 37.4 Å². The van der Waals surface area contributed by atoms with Crippen LogP contribution < -0.4 is 10.6 Å². The zero-order valence-electron chi connectivity index (χ0n) is 10.7. The Morgan fingerprint density at radius 1 is 1.28 bits per heavy atom. The Bertz CT molecular complexity index is 293. The lowest BCUT2D eigenvalue weighted by Crippen LogP contribution is -2.41. The van der Waals surface area contributed by atoms with E-state index in [1.54, 1.807) is 6.92 Å². The summed E-state index contributed by atoms with van der Waals surface area (Å²) in [5.74, 6) is -1.23. The van der Waals surface area contributed by atoms with E-state index in [4.69, 9.17) is 5.11 Å². The van der Waals surface area contributed by atoms with Gasteiger partial charge >= 0.3 is 18.0 Å². The van der Waals surface area contributed by atoms with Crippen molar-refractivity contribution >= 4 is 18.0 Å². The number of carboxylic acids is 1. The van der Waals surface area contributed by atoms with E-state index in [2.05, 4.69) is 15.4 Å². The number of hydrogen-bond acceptors (Lipinski definition) is 4. The monoisotopic (exact) mass is 260 g/mol. The third-order valence-electron chi connectivity index (χ3n) is 2.25. The van der Waals surface area contributed by atoms with Crippen molar-refractivity contribution in [2.75, 3.05) is 13.7 Å². The van der Waals surface area contributed by atoms with Crippen molar-refractivity contribution in [2.24, 2.45) is 0 Å². The molecule has 7 nitrogen and oxygen atoms in total. The molecule has 1 unspecified atom stereocenters. The van der Waals surface area contributed by atoms with Crippen molar-refractivity contribution in [1.29, 1.82) is 0 Å². The molecule has 2 amide bonds. The highest BCUT2D eigenvalue weighted by Gasteiger charge is 2.08. The van der Waals surface area contributed by atoms with E-state index in [0.717, 1.165) is 0 Å². The van der Waals surface area contributed by atoms with Crippen molar-refractivity contribution in [1.82, 2.24) is 10.6 Å². The SMILES string of the molecule is COC(=O)CCNC(=O)NC(C)CCCC(=O)O. The van der Waals surface area contributed by atoms with Crippen LogP contribution in [-0.2, 0) is 14.3 Å². The van der Waals surface area contributed by atoms with Gasteiger partial charge in [0.25, 0.3) is 0 Å². The molecule has 0 aliphatic rings. The molecule has 1 atom stereocenters. The largest absolute Gasteiger partial charge is 0.481 e. The fraction of sp³-hybridized carbons (Fsp3) is 0.727. The molecule has 0 bridgehead atoms. The molecule has 0 spiro atoms. The summed E-state index contributed by atoms with van der Waals surface area (Å²) < 4.78 is 4.42. The van der Waals surface area contributed by atoms with Crippen LogP contribution in [-0.4, -0.2) is 42.8 Å². The van der Waals surface area contributed by atoms with Crippen LogP contribution in [0.4, 0.5) is 4.79 Å². The average Bonchev–Trinajstić information content (AvgIpc) is 2.28. The summed E-state index contributed by atoms with van der Waals surface area (Å²) in [6.45, 7) is 2.00. The predicted molar refractivity (Wildman–Crippen MR) is 64.1 cm³/mol. The highest BCUT2D eigenvalue weighted by atomic mass is 16.5. The number of ether oxygens (including phenoxy) is 1. The minimum absolute atomic E-state index is 0.0932. The van der Waals surface area contributed by atoms with Gasteiger partial charge in [-0.25, -0.2) is 4.79 Å². The molecular formula is C11H20N2O5. The molecule has 0 rings (SSSR count). The molecule has 0 aromatic carbocycles. The number of carbonyl (C=O) groups excluding carboxylic acids is 2. The van der Waals surface area contributed by atoms with Crippen molar-refractivity contribution in [2.45, 2.75) is 38.6 Å². The normalized spacial score (nSPS) is 11.4. The second-order valence-corrected chi connectivity index (χ2v) is 3.91. The fourth-order valence-electron chi connectivity index (χ4n) is 1.29. The number of amides is 2. The van der Waals surface area contributed by atoms with Crippen LogP contribution in [0.3, 0.4) is 0 Å². The zero-order chi connectivity index (χ0) is 14.0. The Labute approximate surface area is 106 Å². The van der Waals surface area contributed by atoms with Gasteiger partial charge in [0, 0.05) is 19.0 Å². The van der Waals surface area contributed by atoms with E-state index >= 15 is 0 Å². The maximum atomic E-state index is 11.3. The summed E-state index contributed by atoms with van der Waals surface area (Å²) in [5.41, 5.74) is 0. The molecule has 0 aromatic rings. The number of nitrogens with one attached hydrogen (secondary N) is 2. The summed E-state index contributed by atoms with van der Waals surface area (Å²) in [5, 5.41) is 13.6. The van der Waals surface area contributed by atoms with Gasteiger partial charge in [-0.15, -0.1) is 0 Å². The van der Waals surface area contributed by atoms with Gasteiger partial charge in [0.05, 0.1) is 13.5 Å². The number of carboxylic acid groups (broad SMARTS) is 1. The lowest BCUT2D eigenvalue weighted by atomic mass is 10.1. The van der Waals surface area contributed by atoms with Gasteiger partial charge in [0.1, 0.15) is 0 Å². The first-order valence-corrected chi connectivity index (χ1v) is 5.78. The lowest BCUT2D eigenvalue weighted by Gasteiger charge is -2.13. The van der Waals surface area contributed by atoms with E-state index in [9.17, 15) is 14.4 Å². The van der Waals surface area contributed by atoms with Gasteiger partial charge in [0.15, 0.2) is 0 Å². The van der Waals surface area contributed by atoms with Gasteiger partial charge < -0.3 is 20.5 Å². The van der Waals surface area contributed by atoms with E-state index in [1.807, 2.05) is 0 Å². The number of urea groups is 1. The van der Waals surface area contributed by atoms with Crippen LogP contribution >= 0.6 is 0 Å². The van der Waals surface area contributed by atoms with Gasteiger partial charge in [-0.1, -0.05) is 0 Å². The molecule has 0 fully saturated rings. The van der Waals surface area contributed by atoms with Crippen LogP contribution in [0, 0.1) is 0 Å². The quantitative estimate of drug-likeness (QED) is 0.551. The van der Waals surface area contributed by atoms with Crippen LogP contribution in [0.15, 0.2) is 0 Å². The minimum Gasteiger partial charge on any atom is -0.481 e. The van der Waals surface area contributed by atoms with Gasteiger partial charge in [-0.05, 0) is 19.8 Å². The number of rotatable bonds is 8. The molecule has 0 radical (unpaired) electrons. The third-order valence-corrected chi connectivity index (χ3v) is 2.25.